The second-order valence-corrected chi connectivity index (χ2v) is 10.2. The van der Waals surface area contributed by atoms with Crippen molar-refractivity contribution in [3.8, 4) is 11.1 Å². The fourth-order valence-corrected chi connectivity index (χ4v) is 6.46. The lowest BCUT2D eigenvalue weighted by molar-refractivity contribution is 0.590. The van der Waals surface area contributed by atoms with Crippen molar-refractivity contribution in [2.24, 2.45) is 0 Å². The normalized spacial score (nSPS) is 15.0. The SMILES string of the molecule is Fc1ccc(-c2c3ccccc3c(C3CC=Cc4oc5cc6ccccc6cc5c43)c3ccccc23)cc1. The highest BCUT2D eigenvalue weighted by atomic mass is 19.1. The number of fused-ring (bicyclic) bond motifs is 6. The minimum absolute atomic E-state index is 0.148. The van der Waals surface area contributed by atoms with Crippen molar-refractivity contribution in [2.45, 2.75) is 12.3 Å². The van der Waals surface area contributed by atoms with Gasteiger partial charge in [0.2, 0.25) is 0 Å². The number of halogens is 1. The molecule has 0 aliphatic heterocycles. The molecule has 0 amide bonds. The van der Waals surface area contributed by atoms with E-state index in [9.17, 15) is 4.39 Å². The fraction of sp³-hybridized carbons (Fsp3) is 0.0556. The zero-order valence-electron chi connectivity index (χ0n) is 20.6. The minimum Gasteiger partial charge on any atom is -0.456 e. The maximum absolute atomic E-state index is 13.9. The smallest absolute Gasteiger partial charge is 0.135 e. The summed E-state index contributed by atoms with van der Waals surface area (Å²) in [6.07, 6.45) is 5.28. The Bertz CT molecular complexity index is 2000. The summed E-state index contributed by atoms with van der Waals surface area (Å²) in [5, 5.41) is 8.41. The quantitative estimate of drug-likeness (QED) is 0.220. The molecule has 0 N–H and O–H groups in total. The number of hydrogen-bond acceptors (Lipinski definition) is 1. The van der Waals surface area contributed by atoms with Crippen molar-refractivity contribution in [3.05, 3.63) is 138 Å². The molecule has 0 saturated carbocycles. The summed E-state index contributed by atoms with van der Waals surface area (Å²) >= 11 is 0. The molecule has 0 bridgehead atoms. The van der Waals surface area contributed by atoms with Crippen LogP contribution in [0.3, 0.4) is 0 Å². The fourth-order valence-electron chi connectivity index (χ4n) is 6.46. The molecule has 0 saturated heterocycles. The molecule has 1 heterocycles. The Hall–Kier alpha value is -4.69. The average molecular weight is 491 g/mol. The molecule has 180 valence electrons. The molecular weight excluding hydrogens is 467 g/mol. The van der Waals surface area contributed by atoms with Gasteiger partial charge in [0.15, 0.2) is 0 Å². The van der Waals surface area contributed by atoms with Gasteiger partial charge in [0.05, 0.1) is 0 Å². The maximum atomic E-state index is 13.9. The second-order valence-electron chi connectivity index (χ2n) is 10.2. The standard InChI is InChI=1S/C36H23FO/c37-25-18-16-22(17-19-25)34-26-10-3-5-12-28(26)35(29-13-6-4-11-27(29)34)30-14-7-15-32-36(30)31-20-23-8-1-2-9-24(23)21-33(31)38-32/h1-13,15-21,30H,14H2. The Kier molecular flexibility index (Phi) is 4.59. The predicted molar refractivity (Wildman–Crippen MR) is 156 cm³/mol. The molecule has 38 heavy (non-hydrogen) atoms. The first-order valence-corrected chi connectivity index (χ1v) is 13.1. The predicted octanol–water partition coefficient (Wildman–Crippen LogP) is 10.2. The number of allylic oxidation sites excluding steroid dienone is 1. The van der Waals surface area contributed by atoms with Crippen LogP contribution < -0.4 is 0 Å². The van der Waals surface area contributed by atoms with Crippen LogP contribution in [0, 0.1) is 5.82 Å². The molecule has 0 radical (unpaired) electrons. The van der Waals surface area contributed by atoms with Crippen LogP contribution in [0.15, 0.2) is 120 Å². The van der Waals surface area contributed by atoms with E-state index in [1.807, 2.05) is 12.1 Å². The van der Waals surface area contributed by atoms with Gasteiger partial charge in [0, 0.05) is 16.9 Å². The van der Waals surface area contributed by atoms with Crippen LogP contribution in [0.1, 0.15) is 29.2 Å². The van der Waals surface area contributed by atoms with Crippen molar-refractivity contribution in [1.82, 2.24) is 0 Å². The summed E-state index contributed by atoms with van der Waals surface area (Å²) in [5.74, 6) is 0.872. The van der Waals surface area contributed by atoms with E-state index in [2.05, 4.69) is 97.1 Å². The molecule has 1 unspecified atom stereocenters. The third kappa shape index (κ3) is 3.10. The van der Waals surface area contributed by atoms with Crippen LogP contribution in [-0.4, -0.2) is 0 Å². The minimum atomic E-state index is -0.222. The highest BCUT2D eigenvalue weighted by molar-refractivity contribution is 6.16. The number of rotatable bonds is 2. The van der Waals surface area contributed by atoms with Crippen LogP contribution in [0.5, 0.6) is 0 Å². The zero-order valence-corrected chi connectivity index (χ0v) is 20.6. The highest BCUT2D eigenvalue weighted by Crippen LogP contribution is 2.49. The molecule has 8 rings (SSSR count). The number of furan rings is 1. The van der Waals surface area contributed by atoms with Gasteiger partial charge in [-0.2, -0.15) is 0 Å². The van der Waals surface area contributed by atoms with E-state index < -0.39 is 0 Å². The van der Waals surface area contributed by atoms with E-state index in [0.29, 0.717) is 0 Å². The van der Waals surface area contributed by atoms with E-state index in [1.165, 1.54) is 48.8 Å². The van der Waals surface area contributed by atoms with E-state index >= 15 is 0 Å². The van der Waals surface area contributed by atoms with Crippen LogP contribution in [0.4, 0.5) is 4.39 Å². The molecular formula is C36H23FO. The monoisotopic (exact) mass is 490 g/mol. The average Bonchev–Trinajstić information content (AvgIpc) is 3.33. The third-order valence-corrected chi connectivity index (χ3v) is 8.07. The lowest BCUT2D eigenvalue weighted by Gasteiger charge is -2.25. The van der Waals surface area contributed by atoms with Gasteiger partial charge < -0.3 is 4.42 Å². The summed E-state index contributed by atoms with van der Waals surface area (Å²) in [4.78, 5) is 0. The van der Waals surface area contributed by atoms with Gasteiger partial charge >= 0.3 is 0 Å². The molecule has 0 spiro atoms. The number of benzene rings is 6. The second kappa shape index (κ2) is 8.16. The van der Waals surface area contributed by atoms with E-state index in [1.54, 1.807) is 12.1 Å². The molecule has 6 aromatic carbocycles. The first-order valence-electron chi connectivity index (χ1n) is 13.1. The van der Waals surface area contributed by atoms with E-state index in [-0.39, 0.29) is 11.7 Å². The van der Waals surface area contributed by atoms with E-state index in [0.717, 1.165) is 28.9 Å². The summed E-state index contributed by atoms with van der Waals surface area (Å²) in [6, 6.07) is 37.1. The van der Waals surface area contributed by atoms with Gasteiger partial charge in [-0.25, -0.2) is 4.39 Å². The third-order valence-electron chi connectivity index (χ3n) is 8.07. The van der Waals surface area contributed by atoms with Gasteiger partial charge in [0.25, 0.3) is 0 Å². The van der Waals surface area contributed by atoms with Gasteiger partial charge in [-0.05, 0) is 85.8 Å². The molecule has 2 heteroatoms. The van der Waals surface area contributed by atoms with Crippen molar-refractivity contribution in [1.29, 1.82) is 0 Å². The zero-order chi connectivity index (χ0) is 25.2. The number of hydrogen-bond donors (Lipinski definition) is 0. The van der Waals surface area contributed by atoms with Crippen molar-refractivity contribution in [3.63, 3.8) is 0 Å². The summed E-state index contributed by atoms with van der Waals surface area (Å²) < 4.78 is 20.3. The molecule has 0 fully saturated rings. The largest absolute Gasteiger partial charge is 0.456 e. The first kappa shape index (κ1) is 21.4. The van der Waals surface area contributed by atoms with Gasteiger partial charge in [-0.3, -0.25) is 0 Å². The maximum Gasteiger partial charge on any atom is 0.135 e. The van der Waals surface area contributed by atoms with Gasteiger partial charge in [-0.1, -0.05) is 91.0 Å². The topological polar surface area (TPSA) is 13.1 Å². The Morgan fingerprint density at radius 2 is 1.21 bits per heavy atom. The van der Waals surface area contributed by atoms with Crippen LogP contribution in [0.25, 0.3) is 60.5 Å². The first-order chi connectivity index (χ1) is 18.8. The molecule has 1 atom stereocenters. The summed E-state index contributed by atoms with van der Waals surface area (Å²) in [5.41, 5.74) is 5.69. The van der Waals surface area contributed by atoms with Crippen LogP contribution >= 0.6 is 0 Å². The molecule has 1 aliphatic carbocycles. The van der Waals surface area contributed by atoms with E-state index in [4.69, 9.17) is 4.42 Å². The molecule has 1 aliphatic rings. The van der Waals surface area contributed by atoms with Crippen molar-refractivity contribution < 1.29 is 8.81 Å². The van der Waals surface area contributed by atoms with Crippen LogP contribution in [0.2, 0.25) is 0 Å². The summed E-state index contributed by atoms with van der Waals surface area (Å²) in [6.45, 7) is 0. The highest BCUT2D eigenvalue weighted by Gasteiger charge is 2.29. The Morgan fingerprint density at radius 1 is 0.605 bits per heavy atom. The lowest BCUT2D eigenvalue weighted by atomic mass is 9.77. The molecule has 1 nitrogen and oxygen atoms in total. The van der Waals surface area contributed by atoms with Crippen molar-refractivity contribution >= 4 is 49.4 Å². The van der Waals surface area contributed by atoms with Crippen LogP contribution in [-0.2, 0) is 0 Å². The molecule has 7 aromatic rings. The van der Waals surface area contributed by atoms with Gasteiger partial charge in [0.1, 0.15) is 17.2 Å². The Labute approximate surface area is 219 Å². The Morgan fingerprint density at radius 3 is 1.89 bits per heavy atom. The van der Waals surface area contributed by atoms with Gasteiger partial charge in [-0.15, -0.1) is 0 Å². The molecule has 1 aromatic heterocycles. The summed E-state index contributed by atoms with van der Waals surface area (Å²) in [7, 11) is 0. The lowest BCUT2D eigenvalue weighted by Crippen LogP contribution is -2.06. The van der Waals surface area contributed by atoms with Crippen molar-refractivity contribution in [2.75, 3.05) is 0 Å². The Balaban J connectivity index is 1.47.